The summed E-state index contributed by atoms with van der Waals surface area (Å²) in [7, 11) is 0. The van der Waals surface area contributed by atoms with Crippen LogP contribution in [0.1, 0.15) is 30.3 Å². The highest BCUT2D eigenvalue weighted by Crippen LogP contribution is 2.27. The lowest BCUT2D eigenvalue weighted by molar-refractivity contribution is -0.145. The van der Waals surface area contributed by atoms with Crippen molar-refractivity contribution in [2.24, 2.45) is 0 Å². The number of benzene rings is 1. The van der Waals surface area contributed by atoms with Gasteiger partial charge in [0, 0.05) is 37.0 Å². The highest BCUT2D eigenvalue weighted by Gasteiger charge is 2.35. The number of hydrogen-bond donors (Lipinski definition) is 2. The molecule has 1 aromatic heterocycles. The fourth-order valence-electron chi connectivity index (χ4n) is 3.06. The summed E-state index contributed by atoms with van der Waals surface area (Å²) in [5, 5.41) is 14.8. The number of hydrogen-bond acceptors (Lipinski definition) is 5. The summed E-state index contributed by atoms with van der Waals surface area (Å²) in [6, 6.07) is 5.57. The van der Waals surface area contributed by atoms with Crippen molar-refractivity contribution in [1.82, 2.24) is 20.6 Å². The maximum atomic E-state index is 13.6. The van der Waals surface area contributed by atoms with Crippen LogP contribution in [-0.4, -0.2) is 34.1 Å². The van der Waals surface area contributed by atoms with Crippen LogP contribution in [0.3, 0.4) is 0 Å². The molecule has 1 saturated heterocycles. The molecule has 0 unspecified atom stereocenters. The molecule has 0 spiro atoms. The zero-order valence-electron chi connectivity index (χ0n) is 15.7. The minimum absolute atomic E-state index is 0. The predicted octanol–water partition coefficient (Wildman–Crippen LogP) is 3.16. The molecule has 0 saturated carbocycles. The summed E-state index contributed by atoms with van der Waals surface area (Å²) in [5.74, 6) is -1.63. The molecule has 1 fully saturated rings. The van der Waals surface area contributed by atoms with Crippen LogP contribution < -0.4 is 10.6 Å². The van der Waals surface area contributed by atoms with Crippen molar-refractivity contribution in [3.63, 3.8) is 0 Å². The molecule has 3 atom stereocenters. The molecule has 3 rings (SSSR count). The van der Waals surface area contributed by atoms with Gasteiger partial charge in [0.25, 0.3) is 0 Å². The van der Waals surface area contributed by atoms with E-state index in [1.54, 1.807) is 19.1 Å². The first-order chi connectivity index (χ1) is 13.7. The van der Waals surface area contributed by atoms with E-state index >= 15 is 0 Å². The van der Waals surface area contributed by atoms with Gasteiger partial charge in [-0.05, 0) is 30.2 Å². The number of halogens is 5. The van der Waals surface area contributed by atoms with E-state index in [0.29, 0.717) is 22.3 Å². The molecule has 160 valence electrons. The summed E-state index contributed by atoms with van der Waals surface area (Å²) < 4.78 is 51.4. The van der Waals surface area contributed by atoms with E-state index in [2.05, 4.69) is 20.6 Å². The molecular formula is C19H18ClF4N5O. The van der Waals surface area contributed by atoms with Gasteiger partial charge in [0.1, 0.15) is 6.17 Å². The van der Waals surface area contributed by atoms with Gasteiger partial charge in [-0.25, -0.2) is 14.4 Å². The molecule has 30 heavy (non-hydrogen) atoms. The fourth-order valence-corrected chi connectivity index (χ4v) is 3.06. The number of nitriles is 1. The van der Waals surface area contributed by atoms with Gasteiger partial charge in [0.15, 0.2) is 0 Å². The van der Waals surface area contributed by atoms with E-state index < -0.39 is 30.3 Å². The standard InChI is InChI=1S/C19H17F4N5O.ClH/c1-10-15(20)5-16(28-10)17(29)25-7-13-4-11(2-3-12(13)6-24)14-8-26-18(27-9-14)19(21,22)23;/h2-4,8-10,15-16,28H,5,7H2,1H3,(H,25,29);1H/t10-,15-,16-;/m1./s1. The second-order valence-electron chi connectivity index (χ2n) is 6.75. The van der Waals surface area contributed by atoms with Crippen molar-refractivity contribution in [2.45, 2.75) is 44.3 Å². The number of carbonyl (C=O) groups is 1. The summed E-state index contributed by atoms with van der Waals surface area (Å²) >= 11 is 0. The molecule has 0 bridgehead atoms. The number of nitrogens with zero attached hydrogens (tertiary/aromatic N) is 3. The summed E-state index contributed by atoms with van der Waals surface area (Å²) in [6.45, 7) is 1.67. The topological polar surface area (TPSA) is 90.7 Å². The van der Waals surface area contributed by atoms with Crippen LogP contribution in [0, 0.1) is 11.3 Å². The summed E-state index contributed by atoms with van der Waals surface area (Å²) in [4.78, 5) is 18.9. The maximum absolute atomic E-state index is 13.6. The molecule has 1 aliphatic heterocycles. The number of alkyl halides is 4. The smallest absolute Gasteiger partial charge is 0.351 e. The molecule has 11 heteroatoms. The highest BCUT2D eigenvalue weighted by molar-refractivity contribution is 5.85. The van der Waals surface area contributed by atoms with E-state index in [0.717, 1.165) is 12.4 Å². The number of nitrogens with one attached hydrogen (secondary N) is 2. The van der Waals surface area contributed by atoms with Crippen LogP contribution in [0.4, 0.5) is 17.6 Å². The first-order valence-electron chi connectivity index (χ1n) is 8.79. The molecule has 6 nitrogen and oxygen atoms in total. The van der Waals surface area contributed by atoms with Gasteiger partial charge < -0.3 is 10.6 Å². The third kappa shape index (κ3) is 5.23. The Hall–Kier alpha value is -2.77. The second-order valence-corrected chi connectivity index (χ2v) is 6.75. The molecule has 1 amide bonds. The van der Waals surface area contributed by atoms with Gasteiger partial charge in [-0.3, -0.25) is 4.79 Å². The van der Waals surface area contributed by atoms with Crippen molar-refractivity contribution < 1.29 is 22.4 Å². The number of aromatic nitrogens is 2. The Morgan fingerprint density at radius 3 is 2.50 bits per heavy atom. The number of carbonyl (C=O) groups excluding carboxylic acids is 1. The molecule has 0 aliphatic carbocycles. The molecule has 1 aliphatic rings. The van der Waals surface area contributed by atoms with Crippen molar-refractivity contribution in [3.8, 4) is 17.2 Å². The van der Waals surface area contributed by atoms with Gasteiger partial charge >= 0.3 is 6.18 Å². The molecular weight excluding hydrogens is 426 g/mol. The van der Waals surface area contributed by atoms with Gasteiger partial charge in [-0.15, -0.1) is 12.4 Å². The van der Waals surface area contributed by atoms with Gasteiger partial charge in [-0.2, -0.15) is 18.4 Å². The Bertz CT molecular complexity index is 935. The molecule has 0 radical (unpaired) electrons. The zero-order chi connectivity index (χ0) is 21.2. The maximum Gasteiger partial charge on any atom is 0.451 e. The largest absolute Gasteiger partial charge is 0.451 e. The highest BCUT2D eigenvalue weighted by atomic mass is 35.5. The Morgan fingerprint density at radius 1 is 1.30 bits per heavy atom. The van der Waals surface area contributed by atoms with E-state index in [4.69, 9.17) is 0 Å². The van der Waals surface area contributed by atoms with E-state index in [1.807, 2.05) is 6.07 Å². The molecule has 2 aromatic rings. The second kappa shape index (κ2) is 9.36. The van der Waals surface area contributed by atoms with Crippen LogP contribution in [0.5, 0.6) is 0 Å². The van der Waals surface area contributed by atoms with Crippen molar-refractivity contribution in [2.75, 3.05) is 0 Å². The van der Waals surface area contributed by atoms with Gasteiger partial charge in [0.2, 0.25) is 11.7 Å². The zero-order valence-corrected chi connectivity index (χ0v) is 16.5. The average molecular weight is 444 g/mol. The Kier molecular flexibility index (Phi) is 7.34. The monoisotopic (exact) mass is 443 g/mol. The van der Waals surface area contributed by atoms with Crippen molar-refractivity contribution in [3.05, 3.63) is 47.5 Å². The van der Waals surface area contributed by atoms with Crippen LogP contribution >= 0.6 is 12.4 Å². The fraction of sp³-hybridized carbons (Fsp3) is 0.368. The Balaban J connectivity index is 0.00000320. The first-order valence-corrected chi connectivity index (χ1v) is 8.79. The molecule has 2 N–H and O–H groups in total. The van der Waals surface area contributed by atoms with Crippen molar-refractivity contribution >= 4 is 18.3 Å². The third-order valence-corrected chi connectivity index (χ3v) is 4.70. The minimum Gasteiger partial charge on any atom is -0.351 e. The number of amides is 1. The average Bonchev–Trinajstić information content (AvgIpc) is 3.04. The van der Waals surface area contributed by atoms with Crippen LogP contribution in [0.15, 0.2) is 30.6 Å². The summed E-state index contributed by atoms with van der Waals surface area (Å²) in [6.07, 6.45) is -3.58. The SMILES string of the molecule is C[C@H]1N[C@@H](C(=O)NCc2cc(-c3cnc(C(F)(F)F)nc3)ccc2C#N)C[C@H]1F.Cl. The van der Waals surface area contributed by atoms with E-state index in [9.17, 15) is 27.6 Å². The quantitative estimate of drug-likeness (QED) is 0.708. The van der Waals surface area contributed by atoms with Crippen LogP contribution in [0.25, 0.3) is 11.1 Å². The molecule has 1 aromatic carbocycles. The van der Waals surface area contributed by atoms with Gasteiger partial charge in [-0.1, -0.05) is 6.07 Å². The van der Waals surface area contributed by atoms with E-state index in [-0.39, 0.29) is 31.3 Å². The summed E-state index contributed by atoms with van der Waals surface area (Å²) in [5.41, 5.74) is 1.61. The predicted molar refractivity (Wildman–Crippen MR) is 102 cm³/mol. The normalized spacial score (nSPS) is 20.9. The lowest BCUT2D eigenvalue weighted by Crippen LogP contribution is -2.42. The van der Waals surface area contributed by atoms with E-state index in [1.165, 1.54) is 6.07 Å². The lowest BCUT2D eigenvalue weighted by Gasteiger charge is -2.13. The minimum atomic E-state index is -4.64. The van der Waals surface area contributed by atoms with Gasteiger partial charge in [0.05, 0.1) is 17.7 Å². The Morgan fingerprint density at radius 2 is 1.97 bits per heavy atom. The van der Waals surface area contributed by atoms with Crippen LogP contribution in [0.2, 0.25) is 0 Å². The van der Waals surface area contributed by atoms with Crippen LogP contribution in [-0.2, 0) is 17.5 Å². The molecule has 2 heterocycles. The number of rotatable bonds is 4. The Labute approximate surface area is 176 Å². The lowest BCUT2D eigenvalue weighted by atomic mass is 10.0. The van der Waals surface area contributed by atoms with Crippen molar-refractivity contribution in [1.29, 1.82) is 5.26 Å². The third-order valence-electron chi connectivity index (χ3n) is 4.70. The first kappa shape index (κ1) is 23.5.